The van der Waals surface area contributed by atoms with Gasteiger partial charge >= 0.3 is 0 Å². The molecule has 1 saturated heterocycles. The normalized spacial score (nSPS) is 20.7. The zero-order valence-corrected chi connectivity index (χ0v) is 17.6. The summed E-state index contributed by atoms with van der Waals surface area (Å²) in [6.07, 6.45) is 2.19. The summed E-state index contributed by atoms with van der Waals surface area (Å²) >= 11 is 0. The van der Waals surface area contributed by atoms with Crippen LogP contribution in [0.3, 0.4) is 0 Å². The van der Waals surface area contributed by atoms with Crippen LogP contribution in [0.4, 0.5) is 5.95 Å². The third-order valence-corrected chi connectivity index (χ3v) is 6.19. The predicted molar refractivity (Wildman–Crippen MR) is 120 cm³/mol. The van der Waals surface area contributed by atoms with E-state index in [0.29, 0.717) is 24.3 Å². The van der Waals surface area contributed by atoms with Crippen molar-refractivity contribution in [2.45, 2.75) is 45.3 Å². The molecular weight excluding hydrogens is 372 g/mol. The van der Waals surface area contributed by atoms with Crippen LogP contribution in [0.25, 0.3) is 11.3 Å². The third kappa shape index (κ3) is 3.90. The first-order valence-corrected chi connectivity index (χ1v) is 10.8. The Balaban J connectivity index is 1.59. The van der Waals surface area contributed by atoms with Crippen LogP contribution in [0.1, 0.15) is 41.0 Å². The van der Waals surface area contributed by atoms with Gasteiger partial charge in [0.15, 0.2) is 0 Å². The van der Waals surface area contributed by atoms with Crippen LogP contribution in [-0.4, -0.2) is 29.2 Å². The Morgan fingerprint density at radius 1 is 1.00 bits per heavy atom. The molecule has 1 unspecified atom stereocenters. The number of fused-ring (bicyclic) bond motifs is 7. The van der Waals surface area contributed by atoms with Crippen molar-refractivity contribution in [3.8, 4) is 17.1 Å². The molecule has 0 aliphatic carbocycles. The van der Waals surface area contributed by atoms with E-state index in [1.165, 1.54) is 22.3 Å². The first-order valence-electron chi connectivity index (χ1n) is 10.8. The van der Waals surface area contributed by atoms with Crippen LogP contribution in [0.2, 0.25) is 0 Å². The summed E-state index contributed by atoms with van der Waals surface area (Å²) in [4.78, 5) is 9.54. The molecule has 30 heavy (non-hydrogen) atoms. The maximum Gasteiger partial charge on any atom is 0.226 e. The highest BCUT2D eigenvalue weighted by Crippen LogP contribution is 2.32. The molecular formula is C25H28N4O. The van der Waals surface area contributed by atoms with E-state index in [1.54, 1.807) is 0 Å². The standard InChI is InChI=1S/C25H28N4O/c1-16-5-3-6-17(2)24(16)22-13-23-29-25(28-22)27-14-18-7-4-8-19(11-18)20-9-10-26-15-21(12-20)30-23/h3-8,11,13,20-21,26H,9-10,12,14-15H2,1-2H3,(H,27,28,29)/t20?,21-/m0/s1. The number of benzene rings is 2. The molecule has 0 saturated carbocycles. The first kappa shape index (κ1) is 19.1. The van der Waals surface area contributed by atoms with E-state index in [2.05, 4.69) is 66.9 Å². The number of hydrogen-bond donors (Lipinski definition) is 2. The lowest BCUT2D eigenvalue weighted by molar-refractivity contribution is 0.181. The number of anilines is 1. The first-order chi connectivity index (χ1) is 14.7. The Labute approximate surface area is 177 Å². The lowest BCUT2D eigenvalue weighted by Gasteiger charge is -2.23. The average Bonchev–Trinajstić information content (AvgIpc) is 2.97. The molecule has 1 aromatic heterocycles. The molecule has 2 aliphatic heterocycles. The molecule has 6 bridgehead atoms. The minimum atomic E-state index is 0.0779. The fraction of sp³-hybridized carbons (Fsp3) is 0.360. The average molecular weight is 401 g/mol. The van der Waals surface area contributed by atoms with Gasteiger partial charge in [0.25, 0.3) is 0 Å². The smallest absolute Gasteiger partial charge is 0.226 e. The van der Waals surface area contributed by atoms with Gasteiger partial charge in [-0.1, -0.05) is 42.5 Å². The number of aryl methyl sites for hydroxylation is 2. The van der Waals surface area contributed by atoms with Crippen molar-refractivity contribution in [1.82, 2.24) is 15.3 Å². The molecule has 1 fully saturated rings. The lowest BCUT2D eigenvalue weighted by atomic mass is 9.90. The van der Waals surface area contributed by atoms with Gasteiger partial charge in [0, 0.05) is 24.7 Å². The summed E-state index contributed by atoms with van der Waals surface area (Å²) in [7, 11) is 0. The maximum absolute atomic E-state index is 6.44. The van der Waals surface area contributed by atoms with Crippen LogP contribution in [0, 0.1) is 13.8 Å². The molecule has 3 aromatic rings. The molecule has 2 N–H and O–H groups in total. The number of aromatic nitrogens is 2. The molecule has 5 heteroatoms. The van der Waals surface area contributed by atoms with E-state index in [4.69, 9.17) is 14.7 Å². The van der Waals surface area contributed by atoms with Gasteiger partial charge < -0.3 is 15.4 Å². The van der Waals surface area contributed by atoms with Crippen molar-refractivity contribution in [3.63, 3.8) is 0 Å². The van der Waals surface area contributed by atoms with E-state index in [1.807, 2.05) is 6.07 Å². The fourth-order valence-corrected chi connectivity index (χ4v) is 4.67. The Hall–Kier alpha value is -2.92. The second kappa shape index (κ2) is 8.07. The molecule has 0 amide bonds. The minimum Gasteiger partial charge on any atom is -0.473 e. The molecule has 5 rings (SSSR count). The Bertz CT molecular complexity index is 1040. The van der Waals surface area contributed by atoms with Crippen molar-refractivity contribution in [3.05, 3.63) is 70.8 Å². The fourth-order valence-electron chi connectivity index (χ4n) is 4.67. The number of nitrogens with one attached hydrogen (secondary N) is 2. The quantitative estimate of drug-likeness (QED) is 0.625. The third-order valence-electron chi connectivity index (χ3n) is 6.19. The Morgan fingerprint density at radius 2 is 1.83 bits per heavy atom. The second-order valence-electron chi connectivity index (χ2n) is 8.45. The number of nitrogens with zero attached hydrogens (tertiary/aromatic N) is 2. The molecule has 0 radical (unpaired) electrons. The summed E-state index contributed by atoms with van der Waals surface area (Å²) in [6.45, 7) is 6.79. The monoisotopic (exact) mass is 400 g/mol. The minimum absolute atomic E-state index is 0.0779. The van der Waals surface area contributed by atoms with Crippen LogP contribution in [0.5, 0.6) is 5.88 Å². The van der Waals surface area contributed by atoms with Gasteiger partial charge in [-0.2, -0.15) is 4.98 Å². The molecule has 0 spiro atoms. The van der Waals surface area contributed by atoms with Gasteiger partial charge in [-0.05, 0) is 61.4 Å². The predicted octanol–water partition coefficient (Wildman–Crippen LogP) is 4.60. The summed E-state index contributed by atoms with van der Waals surface area (Å²) in [5, 5.41) is 6.97. The molecule has 2 aliphatic rings. The van der Waals surface area contributed by atoms with Crippen molar-refractivity contribution in [2.24, 2.45) is 0 Å². The second-order valence-corrected chi connectivity index (χ2v) is 8.45. The van der Waals surface area contributed by atoms with Gasteiger partial charge in [0.1, 0.15) is 6.10 Å². The molecule has 2 aromatic carbocycles. The topological polar surface area (TPSA) is 59.1 Å². The maximum atomic E-state index is 6.44. The SMILES string of the molecule is Cc1cccc(C)c1-c1cc2nc(n1)NCc1cccc(c1)C1CCNC[C@H](C1)O2. The molecule has 3 heterocycles. The number of ether oxygens (including phenoxy) is 1. The summed E-state index contributed by atoms with van der Waals surface area (Å²) < 4.78 is 6.44. The highest BCUT2D eigenvalue weighted by Gasteiger charge is 2.24. The van der Waals surface area contributed by atoms with Crippen molar-refractivity contribution in [2.75, 3.05) is 18.4 Å². The molecule has 2 atom stereocenters. The van der Waals surface area contributed by atoms with Gasteiger partial charge in [-0.15, -0.1) is 0 Å². The molecule has 5 nitrogen and oxygen atoms in total. The zero-order valence-electron chi connectivity index (χ0n) is 17.6. The van der Waals surface area contributed by atoms with Crippen molar-refractivity contribution >= 4 is 5.95 Å². The largest absolute Gasteiger partial charge is 0.473 e. The van der Waals surface area contributed by atoms with E-state index < -0.39 is 0 Å². The molecule has 154 valence electrons. The Morgan fingerprint density at radius 3 is 2.70 bits per heavy atom. The van der Waals surface area contributed by atoms with E-state index in [9.17, 15) is 0 Å². The number of rotatable bonds is 1. The van der Waals surface area contributed by atoms with Gasteiger partial charge in [0.05, 0.1) is 5.69 Å². The van der Waals surface area contributed by atoms with Crippen molar-refractivity contribution in [1.29, 1.82) is 0 Å². The van der Waals surface area contributed by atoms with Crippen molar-refractivity contribution < 1.29 is 4.74 Å². The summed E-state index contributed by atoms with van der Waals surface area (Å²) in [5.41, 5.74) is 7.12. The van der Waals surface area contributed by atoms with Crippen LogP contribution in [-0.2, 0) is 6.54 Å². The van der Waals surface area contributed by atoms with Crippen LogP contribution < -0.4 is 15.4 Å². The van der Waals surface area contributed by atoms with Gasteiger partial charge in [-0.25, -0.2) is 4.98 Å². The number of hydrogen-bond acceptors (Lipinski definition) is 5. The lowest BCUT2D eigenvalue weighted by Crippen LogP contribution is -2.30. The summed E-state index contributed by atoms with van der Waals surface area (Å²) in [6, 6.07) is 17.2. The highest BCUT2D eigenvalue weighted by atomic mass is 16.5. The van der Waals surface area contributed by atoms with E-state index >= 15 is 0 Å². The zero-order chi connectivity index (χ0) is 20.5. The van der Waals surface area contributed by atoms with E-state index in [-0.39, 0.29) is 6.10 Å². The Kier molecular flexibility index (Phi) is 5.13. The highest BCUT2D eigenvalue weighted by molar-refractivity contribution is 5.69. The summed E-state index contributed by atoms with van der Waals surface area (Å²) in [5.74, 6) is 1.74. The van der Waals surface area contributed by atoms with Gasteiger partial charge in [0.2, 0.25) is 11.8 Å². The van der Waals surface area contributed by atoms with Crippen LogP contribution in [0.15, 0.2) is 48.5 Å². The van der Waals surface area contributed by atoms with Crippen LogP contribution >= 0.6 is 0 Å². The van der Waals surface area contributed by atoms with Gasteiger partial charge in [-0.3, -0.25) is 0 Å². The van der Waals surface area contributed by atoms with E-state index in [0.717, 1.165) is 37.2 Å².